The Bertz CT molecular complexity index is 459. The van der Waals surface area contributed by atoms with E-state index < -0.39 is 10.0 Å². The average Bonchev–Trinajstić information content (AvgIpc) is 2.39. The number of alkyl halides is 1. The average molecular weight is 352 g/mol. The molecule has 3 nitrogen and oxygen atoms in total. The number of hydrogen-bond donors (Lipinski definition) is 0. The maximum atomic E-state index is 12.2. The molecule has 1 rings (SSSR count). The molecule has 0 bridgehead atoms. The lowest BCUT2D eigenvalue weighted by Crippen LogP contribution is -2.28. The van der Waals surface area contributed by atoms with Gasteiger partial charge >= 0.3 is 0 Å². The number of sulfonamides is 1. The summed E-state index contributed by atoms with van der Waals surface area (Å²) < 4.78 is 25.9. The summed E-state index contributed by atoms with van der Waals surface area (Å²) in [6, 6.07) is 6.99. The summed E-state index contributed by atoms with van der Waals surface area (Å²) in [6.07, 6.45) is 2.89. The van der Waals surface area contributed by atoms with Gasteiger partial charge in [-0.05, 0) is 36.1 Å². The fourth-order valence-electron chi connectivity index (χ4n) is 1.48. The minimum atomic E-state index is -3.34. The third-order valence-electron chi connectivity index (χ3n) is 2.61. The monoisotopic (exact) mass is 351 g/mol. The van der Waals surface area contributed by atoms with E-state index in [1.54, 1.807) is 30.9 Å². The molecule has 0 aliphatic carbocycles. The number of hydrogen-bond acceptors (Lipinski definition) is 3. The Morgan fingerprint density at radius 1 is 1.28 bits per heavy atom. The van der Waals surface area contributed by atoms with Crippen molar-refractivity contribution in [1.82, 2.24) is 4.31 Å². The van der Waals surface area contributed by atoms with Gasteiger partial charge in [0.15, 0.2) is 0 Å². The highest BCUT2D eigenvalue weighted by molar-refractivity contribution is 9.08. The van der Waals surface area contributed by atoms with Crippen molar-refractivity contribution in [1.29, 1.82) is 0 Å². The molecule has 0 fully saturated rings. The fourth-order valence-corrected chi connectivity index (χ4v) is 3.48. The van der Waals surface area contributed by atoms with Crippen LogP contribution in [0.5, 0.6) is 0 Å². The molecule has 0 aliphatic rings. The van der Waals surface area contributed by atoms with Crippen LogP contribution in [0.15, 0.2) is 29.2 Å². The van der Waals surface area contributed by atoms with Gasteiger partial charge in [-0.15, -0.1) is 0 Å². The molecule has 0 heterocycles. The van der Waals surface area contributed by atoms with Crippen LogP contribution in [0, 0.1) is 0 Å². The van der Waals surface area contributed by atoms with Crippen molar-refractivity contribution in [2.24, 2.45) is 0 Å². The second kappa shape index (κ2) is 7.53. The van der Waals surface area contributed by atoms with Gasteiger partial charge in [0, 0.05) is 18.9 Å². The van der Waals surface area contributed by atoms with Gasteiger partial charge in [-0.2, -0.15) is 11.8 Å². The van der Waals surface area contributed by atoms with Crippen LogP contribution in [-0.2, 0) is 15.4 Å². The molecule has 0 saturated carbocycles. The van der Waals surface area contributed by atoms with E-state index in [-0.39, 0.29) is 0 Å². The molecule has 0 saturated heterocycles. The largest absolute Gasteiger partial charge is 0.242 e. The Hall–Kier alpha value is -0.0400. The second-order valence-corrected chi connectivity index (χ2v) is 7.54. The van der Waals surface area contributed by atoms with E-state index in [0.717, 1.165) is 23.1 Å². The lowest BCUT2D eigenvalue weighted by atomic mass is 10.2. The van der Waals surface area contributed by atoms with Crippen LogP contribution in [0.25, 0.3) is 0 Å². The summed E-state index contributed by atoms with van der Waals surface area (Å²) >= 11 is 5.07. The van der Waals surface area contributed by atoms with Crippen LogP contribution in [-0.4, -0.2) is 38.3 Å². The van der Waals surface area contributed by atoms with E-state index in [4.69, 9.17) is 0 Å². The fraction of sp³-hybridized carbons (Fsp3) is 0.500. The molecule has 6 heteroatoms. The highest BCUT2D eigenvalue weighted by Gasteiger charge is 2.19. The van der Waals surface area contributed by atoms with Gasteiger partial charge < -0.3 is 0 Å². The van der Waals surface area contributed by atoms with Crippen LogP contribution in [0.3, 0.4) is 0 Å². The first-order chi connectivity index (χ1) is 8.52. The lowest BCUT2D eigenvalue weighted by molar-refractivity contribution is 0.469. The van der Waals surface area contributed by atoms with Gasteiger partial charge in [0.25, 0.3) is 0 Å². The predicted octanol–water partition coefficient (Wildman–Crippen LogP) is 2.96. The second-order valence-electron chi connectivity index (χ2n) is 3.95. The van der Waals surface area contributed by atoms with E-state index in [1.165, 1.54) is 4.31 Å². The number of rotatable bonds is 7. The minimum absolute atomic E-state index is 0.360. The molecule has 0 N–H and O–H groups in total. The number of nitrogens with zero attached hydrogens (tertiary/aromatic N) is 1. The quantitative estimate of drug-likeness (QED) is 0.559. The SMILES string of the molecule is CSCCCN(C)S(=O)(=O)c1ccc(CBr)cc1. The van der Waals surface area contributed by atoms with Gasteiger partial charge in [0.05, 0.1) is 4.90 Å². The molecule has 0 atom stereocenters. The number of benzene rings is 1. The summed E-state index contributed by atoms with van der Waals surface area (Å²) in [5.41, 5.74) is 1.07. The van der Waals surface area contributed by atoms with Gasteiger partial charge in [-0.25, -0.2) is 12.7 Å². The molecule has 1 aromatic carbocycles. The van der Waals surface area contributed by atoms with Crippen molar-refractivity contribution >= 4 is 37.7 Å². The number of thioether (sulfide) groups is 1. The van der Waals surface area contributed by atoms with Crippen LogP contribution in [0.4, 0.5) is 0 Å². The summed E-state index contributed by atoms with van der Waals surface area (Å²) in [4.78, 5) is 0.360. The van der Waals surface area contributed by atoms with Crippen molar-refractivity contribution < 1.29 is 8.42 Å². The molecular formula is C12H18BrNO2S2. The van der Waals surface area contributed by atoms with Gasteiger partial charge in [0.1, 0.15) is 0 Å². The van der Waals surface area contributed by atoms with Crippen molar-refractivity contribution in [2.45, 2.75) is 16.6 Å². The van der Waals surface area contributed by atoms with Crippen LogP contribution in [0.1, 0.15) is 12.0 Å². The van der Waals surface area contributed by atoms with Crippen molar-refractivity contribution in [3.63, 3.8) is 0 Å². The minimum Gasteiger partial charge on any atom is -0.207 e. The maximum Gasteiger partial charge on any atom is 0.242 e. The van der Waals surface area contributed by atoms with E-state index in [1.807, 2.05) is 18.4 Å². The summed E-state index contributed by atoms with van der Waals surface area (Å²) in [7, 11) is -1.70. The van der Waals surface area contributed by atoms with Crippen molar-refractivity contribution in [3.05, 3.63) is 29.8 Å². The third-order valence-corrected chi connectivity index (χ3v) is 5.82. The Kier molecular flexibility index (Phi) is 6.70. The molecule has 0 aromatic heterocycles. The zero-order valence-electron chi connectivity index (χ0n) is 10.6. The van der Waals surface area contributed by atoms with Gasteiger partial charge in [0.2, 0.25) is 10.0 Å². The third kappa shape index (κ3) is 4.26. The smallest absolute Gasteiger partial charge is 0.207 e. The predicted molar refractivity (Wildman–Crippen MR) is 81.9 cm³/mol. The first-order valence-electron chi connectivity index (χ1n) is 5.62. The van der Waals surface area contributed by atoms with Gasteiger partial charge in [-0.3, -0.25) is 0 Å². The van der Waals surface area contributed by atoms with Crippen LogP contribution in [0.2, 0.25) is 0 Å². The van der Waals surface area contributed by atoms with E-state index >= 15 is 0 Å². The Morgan fingerprint density at radius 2 is 1.89 bits per heavy atom. The molecule has 0 amide bonds. The number of halogens is 1. The zero-order chi connectivity index (χ0) is 13.6. The molecule has 1 aromatic rings. The Labute approximate surface area is 122 Å². The molecule has 0 unspecified atom stereocenters. The molecule has 0 aliphatic heterocycles. The molecule has 102 valence electrons. The first kappa shape index (κ1) is 16.0. The van der Waals surface area contributed by atoms with Crippen molar-refractivity contribution in [2.75, 3.05) is 25.6 Å². The van der Waals surface area contributed by atoms with E-state index in [2.05, 4.69) is 15.9 Å². The first-order valence-corrected chi connectivity index (χ1v) is 9.58. The molecule has 18 heavy (non-hydrogen) atoms. The van der Waals surface area contributed by atoms with E-state index in [0.29, 0.717) is 11.4 Å². The Morgan fingerprint density at radius 3 is 2.39 bits per heavy atom. The highest BCUT2D eigenvalue weighted by Crippen LogP contribution is 2.16. The molecule has 0 spiro atoms. The van der Waals surface area contributed by atoms with Crippen LogP contribution < -0.4 is 0 Å². The molecular weight excluding hydrogens is 334 g/mol. The van der Waals surface area contributed by atoms with Crippen LogP contribution >= 0.6 is 27.7 Å². The normalized spacial score (nSPS) is 12.0. The van der Waals surface area contributed by atoms with Gasteiger partial charge in [-0.1, -0.05) is 28.1 Å². The lowest BCUT2D eigenvalue weighted by Gasteiger charge is -2.17. The summed E-state index contributed by atoms with van der Waals surface area (Å²) in [5.74, 6) is 0.975. The highest BCUT2D eigenvalue weighted by atomic mass is 79.9. The van der Waals surface area contributed by atoms with E-state index in [9.17, 15) is 8.42 Å². The van der Waals surface area contributed by atoms with Crippen molar-refractivity contribution in [3.8, 4) is 0 Å². The zero-order valence-corrected chi connectivity index (χ0v) is 13.8. The summed E-state index contributed by atoms with van der Waals surface area (Å²) in [5, 5.41) is 0.733. The summed E-state index contributed by atoms with van der Waals surface area (Å²) in [6.45, 7) is 0.559. The standard InChI is InChI=1S/C12H18BrNO2S2/c1-14(8-3-9-17-2)18(15,16)12-6-4-11(10-13)5-7-12/h4-7H,3,8-10H2,1-2H3. The Balaban J connectivity index is 2.77. The topological polar surface area (TPSA) is 37.4 Å². The maximum absolute atomic E-state index is 12.2. The molecule has 0 radical (unpaired) electrons.